The molecular weight excluding hydrogens is 715 g/mol. The van der Waals surface area contributed by atoms with E-state index in [1.807, 2.05) is 6.08 Å². The molecule has 0 aromatic rings. The van der Waals surface area contributed by atoms with Crippen LogP contribution in [0, 0.1) is 5.92 Å². The first kappa shape index (κ1) is 51.2. The van der Waals surface area contributed by atoms with E-state index in [1.165, 1.54) is 103 Å². The molecule has 1 heterocycles. The summed E-state index contributed by atoms with van der Waals surface area (Å²) in [5.41, 5.74) is 0. The lowest BCUT2D eigenvalue weighted by Gasteiger charge is -2.18. The Kier molecular flexibility index (Phi) is 33.0. The van der Waals surface area contributed by atoms with Crippen molar-refractivity contribution in [1.82, 2.24) is 0 Å². The van der Waals surface area contributed by atoms with Crippen molar-refractivity contribution in [3.05, 3.63) is 36.5 Å². The van der Waals surface area contributed by atoms with Crippen molar-refractivity contribution in [2.45, 2.75) is 219 Å². The fourth-order valence-corrected chi connectivity index (χ4v) is 6.89. The van der Waals surface area contributed by atoms with Crippen molar-refractivity contribution in [1.29, 1.82) is 0 Å². The minimum absolute atomic E-state index is 0.187. The second-order valence-corrected chi connectivity index (χ2v) is 17.1. The fraction of sp³-hybridized carbons (Fsp3) is 0.822. The number of carbonyl (C=O) groups is 2. The Morgan fingerprint density at radius 2 is 1.11 bits per heavy atom. The quantitative estimate of drug-likeness (QED) is 0.0205. The molecule has 320 valence electrons. The van der Waals surface area contributed by atoms with Crippen molar-refractivity contribution in [3.63, 3.8) is 0 Å². The molecule has 0 saturated carbocycles. The number of unbranched alkanes of at least 4 members (excludes halogenated alkanes) is 19. The van der Waals surface area contributed by atoms with Gasteiger partial charge in [0, 0.05) is 12.8 Å². The van der Waals surface area contributed by atoms with Gasteiger partial charge in [0.2, 0.25) is 0 Å². The van der Waals surface area contributed by atoms with E-state index < -0.39 is 32.5 Å². The highest BCUT2D eigenvalue weighted by molar-refractivity contribution is 7.46. The van der Waals surface area contributed by atoms with Crippen molar-refractivity contribution in [2.75, 3.05) is 13.2 Å². The SMILES string of the molecule is CCCCC/C=C\CC1OC1C/C=C\C/C=C\CCCC(=O)OC[C@H](COP(=O)(O)O)OC(=O)CCCCCCCCCCCCCCCCCCC(C)C. The Hall–Kier alpha value is -1.77. The first-order valence-corrected chi connectivity index (χ1v) is 23.8. The lowest BCUT2D eigenvalue weighted by atomic mass is 10.0. The van der Waals surface area contributed by atoms with Crippen LogP contribution in [0.25, 0.3) is 0 Å². The molecule has 0 aromatic carbocycles. The van der Waals surface area contributed by atoms with E-state index >= 15 is 0 Å². The number of ether oxygens (including phenoxy) is 3. The maximum atomic E-state index is 12.4. The Morgan fingerprint density at radius 1 is 0.618 bits per heavy atom. The van der Waals surface area contributed by atoms with Gasteiger partial charge in [0.15, 0.2) is 6.10 Å². The van der Waals surface area contributed by atoms with E-state index in [-0.39, 0.29) is 19.4 Å². The molecule has 1 fully saturated rings. The summed E-state index contributed by atoms with van der Waals surface area (Å²) in [4.78, 5) is 42.9. The summed E-state index contributed by atoms with van der Waals surface area (Å²) >= 11 is 0. The first-order chi connectivity index (χ1) is 26.6. The second kappa shape index (κ2) is 35.4. The van der Waals surface area contributed by atoms with Crippen molar-refractivity contribution < 1.29 is 42.7 Å². The maximum Gasteiger partial charge on any atom is 0.469 e. The number of allylic oxidation sites excluding steroid dienone is 4. The van der Waals surface area contributed by atoms with E-state index in [0.29, 0.717) is 25.0 Å². The molecule has 1 aliphatic rings. The summed E-state index contributed by atoms with van der Waals surface area (Å²) in [6.45, 7) is 5.97. The minimum atomic E-state index is -4.77. The molecule has 0 bridgehead atoms. The van der Waals surface area contributed by atoms with Crippen LogP contribution in [0.2, 0.25) is 0 Å². The number of carbonyl (C=O) groups excluding carboxylic acids is 2. The lowest BCUT2D eigenvalue weighted by Crippen LogP contribution is -2.29. The van der Waals surface area contributed by atoms with Crippen LogP contribution in [0.15, 0.2) is 36.5 Å². The van der Waals surface area contributed by atoms with Crippen LogP contribution < -0.4 is 0 Å². The van der Waals surface area contributed by atoms with Gasteiger partial charge in [-0.15, -0.1) is 0 Å². The van der Waals surface area contributed by atoms with Gasteiger partial charge in [-0.2, -0.15) is 0 Å². The van der Waals surface area contributed by atoms with Crippen molar-refractivity contribution in [2.24, 2.45) is 5.92 Å². The van der Waals surface area contributed by atoms with Crippen LogP contribution in [0.1, 0.15) is 201 Å². The van der Waals surface area contributed by atoms with E-state index in [1.54, 1.807) is 0 Å². The van der Waals surface area contributed by atoms with E-state index in [0.717, 1.165) is 57.3 Å². The zero-order chi connectivity index (χ0) is 40.2. The molecule has 0 aromatic heterocycles. The van der Waals surface area contributed by atoms with Crippen LogP contribution in [-0.4, -0.2) is 53.3 Å². The van der Waals surface area contributed by atoms with Crippen LogP contribution in [-0.2, 0) is 32.9 Å². The molecule has 10 heteroatoms. The number of hydrogen-bond donors (Lipinski definition) is 2. The first-order valence-electron chi connectivity index (χ1n) is 22.3. The van der Waals surface area contributed by atoms with E-state index in [9.17, 15) is 14.2 Å². The summed E-state index contributed by atoms with van der Waals surface area (Å²) in [5.74, 6) is -0.113. The highest BCUT2D eigenvalue weighted by Crippen LogP contribution is 2.36. The van der Waals surface area contributed by atoms with Crippen LogP contribution in [0.5, 0.6) is 0 Å². The molecule has 0 spiro atoms. The average molecular weight is 797 g/mol. The summed E-state index contributed by atoms with van der Waals surface area (Å²) in [5, 5.41) is 0. The summed E-state index contributed by atoms with van der Waals surface area (Å²) in [7, 11) is -4.77. The van der Waals surface area contributed by atoms with Gasteiger partial charge in [-0.25, -0.2) is 4.57 Å². The van der Waals surface area contributed by atoms with Crippen molar-refractivity contribution in [3.8, 4) is 0 Å². The highest BCUT2D eigenvalue weighted by Gasteiger charge is 2.36. The zero-order valence-electron chi connectivity index (χ0n) is 35.2. The molecule has 0 amide bonds. The van der Waals surface area contributed by atoms with Crippen LogP contribution in [0.3, 0.4) is 0 Å². The number of epoxide rings is 1. The predicted molar refractivity (Wildman–Crippen MR) is 225 cm³/mol. The number of esters is 2. The molecule has 0 radical (unpaired) electrons. The lowest BCUT2D eigenvalue weighted by molar-refractivity contribution is -0.161. The third-order valence-corrected chi connectivity index (χ3v) is 10.5. The number of phosphoric ester groups is 1. The molecule has 0 aliphatic carbocycles. The highest BCUT2D eigenvalue weighted by atomic mass is 31.2. The van der Waals surface area contributed by atoms with Crippen LogP contribution in [0.4, 0.5) is 0 Å². The van der Waals surface area contributed by atoms with Gasteiger partial charge in [0.1, 0.15) is 6.61 Å². The van der Waals surface area contributed by atoms with Gasteiger partial charge in [0.05, 0.1) is 18.8 Å². The largest absolute Gasteiger partial charge is 0.469 e. The van der Waals surface area contributed by atoms with Gasteiger partial charge >= 0.3 is 19.8 Å². The van der Waals surface area contributed by atoms with Crippen LogP contribution >= 0.6 is 7.82 Å². The fourth-order valence-electron chi connectivity index (χ4n) is 6.53. The molecule has 3 atom stereocenters. The summed E-state index contributed by atoms with van der Waals surface area (Å²) in [6.07, 6.45) is 43.3. The van der Waals surface area contributed by atoms with Gasteiger partial charge in [-0.1, -0.05) is 173 Å². The Bertz CT molecular complexity index is 1070. The zero-order valence-corrected chi connectivity index (χ0v) is 36.1. The molecule has 1 rings (SSSR count). The molecule has 1 saturated heterocycles. The smallest absolute Gasteiger partial charge is 0.462 e. The minimum Gasteiger partial charge on any atom is -0.462 e. The molecule has 9 nitrogen and oxygen atoms in total. The van der Waals surface area contributed by atoms with Gasteiger partial charge in [-0.3, -0.25) is 14.1 Å². The number of hydrogen-bond acceptors (Lipinski definition) is 7. The summed E-state index contributed by atoms with van der Waals surface area (Å²) in [6, 6.07) is 0. The molecule has 2 unspecified atom stereocenters. The third-order valence-electron chi connectivity index (χ3n) is 9.99. The third kappa shape index (κ3) is 36.3. The Balaban J connectivity index is 2.07. The normalized spacial score (nSPS) is 16.5. The van der Waals surface area contributed by atoms with E-state index in [4.69, 9.17) is 24.0 Å². The predicted octanol–water partition coefficient (Wildman–Crippen LogP) is 12.6. The van der Waals surface area contributed by atoms with Gasteiger partial charge < -0.3 is 24.0 Å². The van der Waals surface area contributed by atoms with Crippen molar-refractivity contribution >= 4 is 19.8 Å². The standard InChI is InChI=1S/C45H81O9P/c1-4-5-6-7-24-29-34-42-43(54-42)35-30-25-20-18-22-26-31-36-44(46)51-38-41(39-52-55(48,49)50)53-45(47)37-32-27-21-17-15-13-11-9-8-10-12-14-16-19-23-28-33-40(2)3/h18,22,24-25,29-30,40-43H,4-17,19-21,23,26-28,31-39H2,1-3H3,(H2,48,49,50)/b22-18-,29-24-,30-25-/t41-,42?,43?/m1/s1. The maximum absolute atomic E-state index is 12.4. The molecule has 55 heavy (non-hydrogen) atoms. The average Bonchev–Trinajstić information content (AvgIpc) is 3.90. The van der Waals surface area contributed by atoms with E-state index in [2.05, 4.69) is 55.7 Å². The van der Waals surface area contributed by atoms with Gasteiger partial charge in [-0.05, 0) is 57.3 Å². The molecule has 1 aliphatic heterocycles. The molecular formula is C45H81O9P. The topological polar surface area (TPSA) is 132 Å². The summed E-state index contributed by atoms with van der Waals surface area (Å²) < 4.78 is 32.1. The number of rotatable bonds is 39. The monoisotopic (exact) mass is 797 g/mol. The van der Waals surface area contributed by atoms with Gasteiger partial charge in [0.25, 0.3) is 0 Å². The Morgan fingerprint density at radius 3 is 1.67 bits per heavy atom. The Labute approximate surface area is 336 Å². The second-order valence-electron chi connectivity index (χ2n) is 15.9. The molecule has 2 N–H and O–H groups in total. The number of phosphoric acid groups is 1.